The number of aliphatic carboxylic acids is 1. The Hall–Kier alpha value is -1.92. The first-order chi connectivity index (χ1) is 10.0. The van der Waals surface area contributed by atoms with Crippen molar-refractivity contribution in [3.05, 3.63) is 11.7 Å². The average Bonchev–Trinajstić information content (AvgIpc) is 2.85. The van der Waals surface area contributed by atoms with Crippen LogP contribution in [0.15, 0.2) is 4.52 Å². The van der Waals surface area contributed by atoms with E-state index in [2.05, 4.69) is 15.5 Å². The van der Waals surface area contributed by atoms with E-state index in [-0.39, 0.29) is 12.3 Å². The molecule has 1 aromatic rings. The van der Waals surface area contributed by atoms with Crippen LogP contribution in [-0.4, -0.2) is 33.7 Å². The first-order valence-corrected chi connectivity index (χ1v) is 7.31. The lowest BCUT2D eigenvalue weighted by atomic mass is 9.71. The summed E-state index contributed by atoms with van der Waals surface area (Å²) in [5.74, 6) is -0.0487. The van der Waals surface area contributed by atoms with Crippen LogP contribution in [0.3, 0.4) is 0 Å². The zero-order valence-electron chi connectivity index (χ0n) is 12.2. The topological polar surface area (TPSA) is 105 Å². The van der Waals surface area contributed by atoms with Crippen molar-refractivity contribution in [3.8, 4) is 0 Å². The van der Waals surface area contributed by atoms with Crippen LogP contribution < -0.4 is 5.32 Å². The highest BCUT2D eigenvalue weighted by molar-refractivity contribution is 5.85. The van der Waals surface area contributed by atoms with Gasteiger partial charge in [-0.15, -0.1) is 0 Å². The van der Waals surface area contributed by atoms with Gasteiger partial charge in [-0.2, -0.15) is 4.98 Å². The van der Waals surface area contributed by atoms with Crippen LogP contribution in [0.25, 0.3) is 0 Å². The molecule has 0 spiro atoms. The number of aryl methyl sites for hydroxylation is 1. The molecule has 1 aliphatic carbocycles. The van der Waals surface area contributed by atoms with E-state index in [1.165, 1.54) is 0 Å². The van der Waals surface area contributed by atoms with Gasteiger partial charge in [0.1, 0.15) is 0 Å². The summed E-state index contributed by atoms with van der Waals surface area (Å²) < 4.78 is 4.84. The van der Waals surface area contributed by atoms with Gasteiger partial charge in [-0.05, 0) is 12.8 Å². The van der Waals surface area contributed by atoms with Crippen LogP contribution in [-0.2, 0) is 16.0 Å². The molecule has 1 heterocycles. The quantitative estimate of drug-likeness (QED) is 0.823. The van der Waals surface area contributed by atoms with Gasteiger partial charge < -0.3 is 14.9 Å². The monoisotopic (exact) mass is 295 g/mol. The summed E-state index contributed by atoms with van der Waals surface area (Å²) in [6.07, 6.45) is 4.49. The normalized spacial score (nSPS) is 17.4. The minimum atomic E-state index is -0.884. The van der Waals surface area contributed by atoms with Crippen molar-refractivity contribution >= 4 is 11.9 Å². The summed E-state index contributed by atoms with van der Waals surface area (Å²) in [7, 11) is 0. The number of carboxylic acids is 1. The van der Waals surface area contributed by atoms with Crippen LogP contribution in [0.4, 0.5) is 0 Å². The second-order valence-electron chi connectivity index (χ2n) is 5.65. The fourth-order valence-electron chi connectivity index (χ4n) is 2.82. The lowest BCUT2D eigenvalue weighted by Gasteiger charge is -2.32. The van der Waals surface area contributed by atoms with Crippen molar-refractivity contribution in [1.29, 1.82) is 0 Å². The highest BCUT2D eigenvalue weighted by atomic mass is 16.5. The Morgan fingerprint density at radius 2 is 2.05 bits per heavy atom. The molecule has 0 aliphatic heterocycles. The van der Waals surface area contributed by atoms with Crippen molar-refractivity contribution in [3.63, 3.8) is 0 Å². The third-order valence-electron chi connectivity index (χ3n) is 4.00. The van der Waals surface area contributed by atoms with Gasteiger partial charge in [0.25, 0.3) is 0 Å². The van der Waals surface area contributed by atoms with Crippen molar-refractivity contribution in [2.45, 2.75) is 51.9 Å². The van der Waals surface area contributed by atoms with Gasteiger partial charge in [0, 0.05) is 26.3 Å². The highest BCUT2D eigenvalue weighted by Crippen LogP contribution is 2.39. The van der Waals surface area contributed by atoms with E-state index in [1.54, 1.807) is 6.92 Å². The summed E-state index contributed by atoms with van der Waals surface area (Å²) in [6.45, 7) is 2.09. The zero-order valence-corrected chi connectivity index (χ0v) is 12.2. The molecule has 116 valence electrons. The van der Waals surface area contributed by atoms with E-state index in [0.717, 1.165) is 19.3 Å². The molecule has 1 aromatic heterocycles. The smallest absolute Gasteiger partial charge is 0.310 e. The molecular formula is C14H21N3O4. The van der Waals surface area contributed by atoms with Crippen molar-refractivity contribution in [1.82, 2.24) is 15.5 Å². The molecule has 1 saturated carbocycles. The third kappa shape index (κ3) is 4.03. The Kier molecular flexibility index (Phi) is 4.93. The number of carboxylic acid groups (broad SMARTS) is 1. The van der Waals surface area contributed by atoms with E-state index in [4.69, 9.17) is 4.52 Å². The minimum Gasteiger partial charge on any atom is -0.481 e. The number of carbonyl (C=O) groups is 2. The van der Waals surface area contributed by atoms with Gasteiger partial charge >= 0.3 is 5.97 Å². The first-order valence-electron chi connectivity index (χ1n) is 7.31. The zero-order chi connectivity index (χ0) is 15.3. The number of nitrogens with zero attached hydrogens (tertiary/aromatic N) is 2. The number of rotatable bonds is 6. The summed E-state index contributed by atoms with van der Waals surface area (Å²) in [6, 6.07) is 0. The molecule has 0 saturated heterocycles. The molecule has 0 unspecified atom stereocenters. The Morgan fingerprint density at radius 3 is 2.62 bits per heavy atom. The van der Waals surface area contributed by atoms with Crippen molar-refractivity contribution in [2.24, 2.45) is 5.41 Å². The Morgan fingerprint density at radius 1 is 1.33 bits per heavy atom. The summed E-state index contributed by atoms with van der Waals surface area (Å²) in [5.41, 5.74) is -0.884. The van der Waals surface area contributed by atoms with Gasteiger partial charge in [0.05, 0.1) is 5.41 Å². The van der Waals surface area contributed by atoms with Crippen LogP contribution in [0.5, 0.6) is 0 Å². The van der Waals surface area contributed by atoms with Crippen LogP contribution in [0.1, 0.15) is 50.2 Å². The lowest BCUT2D eigenvalue weighted by Crippen LogP contribution is -2.39. The molecule has 0 atom stereocenters. The summed E-state index contributed by atoms with van der Waals surface area (Å²) in [5, 5.41) is 15.9. The fraction of sp³-hybridized carbons (Fsp3) is 0.714. The average molecular weight is 295 g/mol. The Bertz CT molecular complexity index is 506. The largest absolute Gasteiger partial charge is 0.481 e. The van der Waals surface area contributed by atoms with Gasteiger partial charge in [-0.1, -0.05) is 24.4 Å². The molecule has 1 aliphatic rings. The van der Waals surface area contributed by atoms with Crippen LogP contribution in [0, 0.1) is 12.3 Å². The molecule has 0 aromatic carbocycles. The van der Waals surface area contributed by atoms with E-state index < -0.39 is 11.4 Å². The molecule has 1 amide bonds. The summed E-state index contributed by atoms with van der Waals surface area (Å²) in [4.78, 5) is 27.5. The van der Waals surface area contributed by atoms with Gasteiger partial charge in [0.15, 0.2) is 5.82 Å². The number of carbonyl (C=O) groups excluding carboxylic acids is 1. The van der Waals surface area contributed by atoms with E-state index in [9.17, 15) is 14.7 Å². The van der Waals surface area contributed by atoms with Crippen molar-refractivity contribution in [2.75, 3.05) is 6.54 Å². The number of nitrogens with one attached hydrogen (secondary N) is 1. The van der Waals surface area contributed by atoms with Crippen molar-refractivity contribution < 1.29 is 19.2 Å². The van der Waals surface area contributed by atoms with E-state index in [0.29, 0.717) is 37.5 Å². The number of hydrogen-bond donors (Lipinski definition) is 2. The fourth-order valence-corrected chi connectivity index (χ4v) is 2.82. The Balaban J connectivity index is 1.81. The van der Waals surface area contributed by atoms with E-state index >= 15 is 0 Å². The maximum Gasteiger partial charge on any atom is 0.310 e. The molecule has 21 heavy (non-hydrogen) atoms. The lowest BCUT2D eigenvalue weighted by molar-refractivity contribution is -0.154. The predicted molar refractivity (Wildman–Crippen MR) is 73.5 cm³/mol. The summed E-state index contributed by atoms with van der Waals surface area (Å²) >= 11 is 0. The van der Waals surface area contributed by atoms with Crippen LogP contribution in [0.2, 0.25) is 0 Å². The molecule has 0 radical (unpaired) electrons. The molecule has 0 bridgehead atoms. The molecule has 7 heteroatoms. The highest BCUT2D eigenvalue weighted by Gasteiger charge is 2.41. The Labute approximate surface area is 123 Å². The molecule has 2 N–H and O–H groups in total. The van der Waals surface area contributed by atoms with Gasteiger partial charge in [-0.25, -0.2) is 0 Å². The minimum absolute atomic E-state index is 0.0492. The second-order valence-corrected chi connectivity index (χ2v) is 5.65. The number of aromatic nitrogens is 2. The SMILES string of the molecule is Cc1nc(CCNC(=O)CC2(C(=O)O)CCCCC2)no1. The van der Waals surface area contributed by atoms with Gasteiger partial charge in [-0.3, -0.25) is 9.59 Å². The standard InChI is InChI=1S/C14H21N3O4/c1-10-16-11(17-21-10)5-8-15-12(18)9-14(13(19)20)6-3-2-4-7-14/h2-9H2,1H3,(H,15,18)(H,19,20). The predicted octanol–water partition coefficient (Wildman–Crippen LogP) is 1.46. The number of hydrogen-bond acceptors (Lipinski definition) is 5. The molecule has 7 nitrogen and oxygen atoms in total. The maximum absolute atomic E-state index is 12.0. The number of amides is 1. The molecular weight excluding hydrogens is 274 g/mol. The van der Waals surface area contributed by atoms with Crippen LogP contribution >= 0.6 is 0 Å². The maximum atomic E-state index is 12.0. The molecule has 2 rings (SSSR count). The van der Waals surface area contributed by atoms with E-state index in [1.807, 2.05) is 0 Å². The third-order valence-corrected chi connectivity index (χ3v) is 4.00. The first kappa shape index (κ1) is 15.5. The van der Waals surface area contributed by atoms with Gasteiger partial charge in [0.2, 0.25) is 11.8 Å². The molecule has 1 fully saturated rings. The second kappa shape index (κ2) is 6.69.